The number of aryl methyl sites for hydroxylation is 1. The summed E-state index contributed by atoms with van der Waals surface area (Å²) in [5.74, 6) is 3.59. The van der Waals surface area contributed by atoms with E-state index in [9.17, 15) is 4.57 Å². The number of hydrogen-bond acceptors (Lipinski definition) is 8. The van der Waals surface area contributed by atoms with Crippen LogP contribution in [0.25, 0.3) is 28.1 Å². The van der Waals surface area contributed by atoms with Crippen LogP contribution >= 0.6 is 18.9 Å². The molecule has 3 aromatic heterocycles. The normalized spacial score (nSPS) is 11.9. The van der Waals surface area contributed by atoms with Crippen molar-refractivity contribution in [3.05, 3.63) is 107 Å². The average Bonchev–Trinajstić information content (AvgIpc) is 3.73. The van der Waals surface area contributed by atoms with Crippen molar-refractivity contribution in [2.75, 3.05) is 13.2 Å². The van der Waals surface area contributed by atoms with Gasteiger partial charge in [0.25, 0.3) is 0 Å². The van der Waals surface area contributed by atoms with Gasteiger partial charge in [-0.25, -0.2) is 4.98 Å². The Labute approximate surface area is 243 Å². The molecule has 0 saturated heterocycles. The summed E-state index contributed by atoms with van der Waals surface area (Å²) >= 11 is 1.60. The standard InChI is InChI=1S/C31H32N3O5PS/c1-4-37-40(35,38-5-2)18-17-26-21-34(33-30(26)29-12-9-19-41-29)20-24-13-15-27(16-14-24)36-22-28-23(3)39-31(32-28)25-10-7-6-8-11-25/h6-19,21H,4-5,20,22H2,1-3H3/b18-17-. The average molecular weight is 590 g/mol. The van der Waals surface area contributed by atoms with E-state index in [4.69, 9.17) is 23.3 Å². The second-order valence-electron chi connectivity index (χ2n) is 9.12. The van der Waals surface area contributed by atoms with E-state index in [1.807, 2.05) is 89.9 Å². The van der Waals surface area contributed by atoms with Gasteiger partial charge < -0.3 is 18.2 Å². The molecule has 3 heterocycles. The third kappa shape index (κ3) is 7.31. The molecule has 5 rings (SSSR count). The maximum atomic E-state index is 13.0. The van der Waals surface area contributed by atoms with Gasteiger partial charge in [0.2, 0.25) is 5.89 Å². The van der Waals surface area contributed by atoms with Gasteiger partial charge in [0.1, 0.15) is 29.5 Å². The maximum absolute atomic E-state index is 13.0. The highest BCUT2D eigenvalue weighted by atomic mass is 32.1. The second kappa shape index (κ2) is 13.3. The number of rotatable bonds is 13. The van der Waals surface area contributed by atoms with E-state index in [1.165, 1.54) is 5.82 Å². The number of thiophene rings is 1. The summed E-state index contributed by atoms with van der Waals surface area (Å²) in [6.45, 7) is 6.95. The van der Waals surface area contributed by atoms with Crippen molar-refractivity contribution < 1.29 is 22.8 Å². The summed E-state index contributed by atoms with van der Waals surface area (Å²) in [6.07, 6.45) is 3.71. The fourth-order valence-corrected chi connectivity index (χ4v) is 6.24. The van der Waals surface area contributed by atoms with Crippen LogP contribution in [-0.4, -0.2) is 28.0 Å². The summed E-state index contributed by atoms with van der Waals surface area (Å²) in [7, 11) is -3.33. The van der Waals surface area contributed by atoms with E-state index in [2.05, 4.69) is 4.98 Å². The lowest BCUT2D eigenvalue weighted by Crippen LogP contribution is -2.01. The Morgan fingerprint density at radius 2 is 1.76 bits per heavy atom. The third-order valence-corrected chi connectivity index (χ3v) is 8.78. The van der Waals surface area contributed by atoms with Crippen molar-refractivity contribution in [1.82, 2.24) is 14.8 Å². The van der Waals surface area contributed by atoms with Crippen molar-refractivity contribution >= 4 is 25.0 Å². The first-order chi connectivity index (χ1) is 20.0. The summed E-state index contributed by atoms with van der Waals surface area (Å²) in [6, 6.07) is 21.7. The molecule has 0 atom stereocenters. The lowest BCUT2D eigenvalue weighted by molar-refractivity contribution is 0.229. The van der Waals surface area contributed by atoms with Gasteiger partial charge in [-0.1, -0.05) is 36.4 Å². The molecule has 0 amide bonds. The third-order valence-electron chi connectivity index (χ3n) is 6.16. The smallest absolute Gasteiger partial charge is 0.354 e. The van der Waals surface area contributed by atoms with Gasteiger partial charge in [-0.15, -0.1) is 11.3 Å². The Kier molecular flexibility index (Phi) is 9.31. The second-order valence-corrected chi connectivity index (χ2v) is 12.0. The van der Waals surface area contributed by atoms with E-state index >= 15 is 0 Å². The van der Waals surface area contributed by atoms with Crippen LogP contribution in [0.15, 0.2) is 88.5 Å². The number of ether oxygens (including phenoxy) is 1. The molecule has 0 spiro atoms. The molecule has 5 aromatic rings. The molecule has 8 nitrogen and oxygen atoms in total. The summed E-state index contributed by atoms with van der Waals surface area (Å²) < 4.78 is 37.5. The summed E-state index contributed by atoms with van der Waals surface area (Å²) in [4.78, 5) is 5.63. The first kappa shape index (κ1) is 28.8. The van der Waals surface area contributed by atoms with Gasteiger partial charge in [0.05, 0.1) is 24.6 Å². The zero-order valence-corrected chi connectivity index (χ0v) is 24.9. The van der Waals surface area contributed by atoms with Gasteiger partial charge in [0.15, 0.2) is 0 Å². The van der Waals surface area contributed by atoms with Gasteiger partial charge in [-0.05, 0) is 68.1 Å². The minimum atomic E-state index is -3.33. The highest BCUT2D eigenvalue weighted by Gasteiger charge is 2.20. The first-order valence-corrected chi connectivity index (χ1v) is 15.9. The molecule has 0 aliphatic heterocycles. The van der Waals surface area contributed by atoms with Crippen LogP contribution < -0.4 is 4.74 Å². The van der Waals surface area contributed by atoms with Crippen LogP contribution in [0.1, 0.15) is 36.4 Å². The Morgan fingerprint density at radius 3 is 2.44 bits per heavy atom. The maximum Gasteiger partial charge on any atom is 0.354 e. The van der Waals surface area contributed by atoms with Crippen molar-refractivity contribution in [2.45, 2.75) is 33.9 Å². The van der Waals surface area contributed by atoms with Gasteiger partial charge in [-0.3, -0.25) is 9.25 Å². The topological polar surface area (TPSA) is 88.6 Å². The monoisotopic (exact) mass is 589 g/mol. The molecule has 0 N–H and O–H groups in total. The molecule has 41 heavy (non-hydrogen) atoms. The van der Waals surface area contributed by atoms with E-state index in [0.29, 0.717) is 32.3 Å². The van der Waals surface area contributed by atoms with Crippen LogP contribution in [0.5, 0.6) is 5.75 Å². The molecule has 0 radical (unpaired) electrons. The minimum absolute atomic E-state index is 0.297. The summed E-state index contributed by atoms with van der Waals surface area (Å²) in [5.41, 5.74) is 4.41. The Morgan fingerprint density at radius 1 is 1.00 bits per heavy atom. The zero-order valence-electron chi connectivity index (χ0n) is 23.2. The fourth-order valence-electron chi connectivity index (χ4n) is 4.20. The highest BCUT2D eigenvalue weighted by molar-refractivity contribution is 7.57. The van der Waals surface area contributed by atoms with Crippen LogP contribution in [0.4, 0.5) is 0 Å². The van der Waals surface area contributed by atoms with E-state index in [0.717, 1.165) is 44.5 Å². The quantitative estimate of drug-likeness (QED) is 0.127. The number of benzene rings is 2. The number of nitrogens with zero attached hydrogens (tertiary/aromatic N) is 3. The Bertz CT molecular complexity index is 1620. The van der Waals surface area contributed by atoms with Crippen molar-refractivity contribution in [3.63, 3.8) is 0 Å². The van der Waals surface area contributed by atoms with Crippen LogP contribution in [0, 0.1) is 6.92 Å². The number of hydrogen-bond donors (Lipinski definition) is 0. The molecule has 10 heteroatoms. The minimum Gasteiger partial charge on any atom is -0.487 e. The molecule has 212 valence electrons. The Balaban J connectivity index is 1.27. The molecule has 0 saturated carbocycles. The van der Waals surface area contributed by atoms with E-state index < -0.39 is 7.60 Å². The predicted molar refractivity (Wildman–Crippen MR) is 162 cm³/mol. The van der Waals surface area contributed by atoms with Gasteiger partial charge in [-0.2, -0.15) is 5.10 Å². The van der Waals surface area contributed by atoms with Crippen molar-refractivity contribution in [1.29, 1.82) is 0 Å². The van der Waals surface area contributed by atoms with Crippen LogP contribution in [0.3, 0.4) is 0 Å². The van der Waals surface area contributed by atoms with Crippen molar-refractivity contribution in [3.8, 4) is 27.8 Å². The molecule has 0 bridgehead atoms. The van der Waals surface area contributed by atoms with E-state index in [-0.39, 0.29) is 0 Å². The summed E-state index contributed by atoms with van der Waals surface area (Å²) in [5, 5.41) is 6.84. The van der Waals surface area contributed by atoms with Crippen LogP contribution in [0.2, 0.25) is 0 Å². The molecule has 0 aliphatic carbocycles. The largest absolute Gasteiger partial charge is 0.487 e. The molecule has 0 aliphatic rings. The fraction of sp³-hybridized carbons (Fsp3) is 0.226. The molecular formula is C31H32N3O5PS. The number of aromatic nitrogens is 3. The van der Waals surface area contributed by atoms with Crippen LogP contribution in [-0.2, 0) is 26.8 Å². The van der Waals surface area contributed by atoms with Gasteiger partial charge in [0, 0.05) is 23.1 Å². The SMILES string of the molecule is CCOP(=O)(/C=C\c1cn(Cc2ccc(OCc3nc(-c4ccccc4)oc3C)cc2)nc1-c1cccs1)OCC. The first-order valence-electron chi connectivity index (χ1n) is 13.4. The highest BCUT2D eigenvalue weighted by Crippen LogP contribution is 2.50. The lowest BCUT2D eigenvalue weighted by atomic mass is 10.2. The molecule has 2 aromatic carbocycles. The lowest BCUT2D eigenvalue weighted by Gasteiger charge is -2.12. The zero-order chi connectivity index (χ0) is 28.7. The van der Waals surface area contributed by atoms with Gasteiger partial charge >= 0.3 is 7.60 Å². The molecular weight excluding hydrogens is 557 g/mol. The molecule has 0 unspecified atom stereocenters. The van der Waals surface area contributed by atoms with Crippen molar-refractivity contribution in [2.24, 2.45) is 0 Å². The Hall–Kier alpha value is -3.75. The predicted octanol–water partition coefficient (Wildman–Crippen LogP) is 8.44. The molecule has 0 fully saturated rings. The van der Waals surface area contributed by atoms with E-state index in [1.54, 1.807) is 31.3 Å². The number of oxazole rings is 1.